The molecule has 0 amide bonds. The van der Waals surface area contributed by atoms with Gasteiger partial charge in [0.25, 0.3) is 0 Å². The van der Waals surface area contributed by atoms with Crippen LogP contribution in [0, 0.1) is 0 Å². The average molecular weight is 435 g/mol. The van der Waals surface area contributed by atoms with Crippen molar-refractivity contribution in [3.8, 4) is 39.8 Å². The summed E-state index contributed by atoms with van der Waals surface area (Å²) in [4.78, 5) is 0. The van der Waals surface area contributed by atoms with E-state index in [0.717, 1.165) is 33.9 Å². The molecule has 1 aromatic heterocycles. The van der Waals surface area contributed by atoms with Gasteiger partial charge in [-0.1, -0.05) is 48.0 Å². The highest BCUT2D eigenvalue weighted by atomic mass is 35.5. The molecule has 4 rings (SSSR count). The molecule has 0 aliphatic heterocycles. The van der Waals surface area contributed by atoms with E-state index < -0.39 is 0 Å². The fourth-order valence-electron chi connectivity index (χ4n) is 3.61. The van der Waals surface area contributed by atoms with Crippen LogP contribution in [0.2, 0.25) is 5.02 Å². The minimum absolute atomic E-state index is 0.513. The number of methoxy groups -OCH3 is 3. The van der Waals surface area contributed by atoms with Crippen LogP contribution in [0.3, 0.4) is 0 Å². The van der Waals surface area contributed by atoms with Crippen LogP contribution in [0.1, 0.15) is 5.56 Å². The molecule has 3 aromatic carbocycles. The fourth-order valence-corrected chi connectivity index (χ4v) is 3.95. The lowest BCUT2D eigenvalue weighted by molar-refractivity contribution is 0.414. The maximum atomic E-state index is 6.96. The average Bonchev–Trinajstić information content (AvgIpc) is 3.14. The third-order valence-corrected chi connectivity index (χ3v) is 5.44. The van der Waals surface area contributed by atoms with Gasteiger partial charge in [-0.15, -0.1) is 0 Å². The number of para-hydroxylation sites is 2. The molecular formula is C25H23ClN2O3. The molecule has 5 nitrogen and oxygen atoms in total. The number of ether oxygens (including phenoxy) is 3. The highest BCUT2D eigenvalue weighted by Crippen LogP contribution is 2.42. The summed E-state index contributed by atoms with van der Waals surface area (Å²) in [6, 6.07) is 23.4. The van der Waals surface area contributed by atoms with Crippen molar-refractivity contribution in [3.63, 3.8) is 0 Å². The van der Waals surface area contributed by atoms with Crippen molar-refractivity contribution >= 4 is 11.6 Å². The van der Waals surface area contributed by atoms with Crippen molar-refractivity contribution in [2.45, 2.75) is 6.54 Å². The summed E-state index contributed by atoms with van der Waals surface area (Å²) < 4.78 is 18.4. The van der Waals surface area contributed by atoms with Gasteiger partial charge in [0.2, 0.25) is 0 Å². The van der Waals surface area contributed by atoms with Crippen LogP contribution in [0.4, 0.5) is 0 Å². The Bertz CT molecular complexity index is 1200. The monoisotopic (exact) mass is 434 g/mol. The molecule has 1 heterocycles. The predicted molar refractivity (Wildman–Crippen MR) is 123 cm³/mol. The van der Waals surface area contributed by atoms with Crippen LogP contribution in [0.25, 0.3) is 22.5 Å². The number of rotatable bonds is 7. The van der Waals surface area contributed by atoms with Crippen LogP contribution in [0.15, 0.2) is 72.8 Å². The Balaban J connectivity index is 1.92. The van der Waals surface area contributed by atoms with Gasteiger partial charge in [0.15, 0.2) is 0 Å². The van der Waals surface area contributed by atoms with E-state index in [1.165, 1.54) is 0 Å². The third-order valence-electron chi connectivity index (χ3n) is 5.09. The van der Waals surface area contributed by atoms with Crippen LogP contribution in [-0.4, -0.2) is 31.1 Å². The van der Waals surface area contributed by atoms with Crippen molar-refractivity contribution in [3.05, 3.63) is 83.4 Å². The molecule has 0 atom stereocenters. The lowest BCUT2D eigenvalue weighted by Crippen LogP contribution is -2.05. The van der Waals surface area contributed by atoms with Gasteiger partial charge in [-0.3, -0.25) is 4.68 Å². The van der Waals surface area contributed by atoms with E-state index >= 15 is 0 Å². The van der Waals surface area contributed by atoms with Gasteiger partial charge in [-0.2, -0.15) is 5.10 Å². The Morgan fingerprint density at radius 2 is 1.42 bits per heavy atom. The molecule has 0 bridgehead atoms. The van der Waals surface area contributed by atoms with Crippen LogP contribution < -0.4 is 14.2 Å². The Labute approximate surface area is 186 Å². The first kappa shape index (κ1) is 20.8. The van der Waals surface area contributed by atoms with Crippen LogP contribution in [0.5, 0.6) is 17.2 Å². The summed E-state index contributed by atoms with van der Waals surface area (Å²) in [5, 5.41) is 5.44. The van der Waals surface area contributed by atoms with E-state index in [0.29, 0.717) is 23.0 Å². The largest absolute Gasteiger partial charge is 0.497 e. The molecule has 31 heavy (non-hydrogen) atoms. The SMILES string of the molecule is COc1cccc(Cn2nc(-c3ccccc3OC)c(Cl)c2-c2ccccc2OC)c1. The molecule has 0 spiro atoms. The van der Waals surface area contributed by atoms with Crippen molar-refractivity contribution in [1.82, 2.24) is 9.78 Å². The minimum Gasteiger partial charge on any atom is -0.497 e. The molecular weight excluding hydrogens is 412 g/mol. The quantitative estimate of drug-likeness (QED) is 0.361. The number of benzene rings is 3. The maximum Gasteiger partial charge on any atom is 0.128 e. The Morgan fingerprint density at radius 1 is 0.774 bits per heavy atom. The van der Waals surface area contributed by atoms with Crippen molar-refractivity contribution in [1.29, 1.82) is 0 Å². The highest BCUT2D eigenvalue weighted by molar-refractivity contribution is 6.35. The van der Waals surface area contributed by atoms with Gasteiger partial charge in [0.1, 0.15) is 22.9 Å². The van der Waals surface area contributed by atoms with Crippen molar-refractivity contribution in [2.24, 2.45) is 0 Å². The van der Waals surface area contributed by atoms with Crippen molar-refractivity contribution in [2.75, 3.05) is 21.3 Å². The molecule has 0 unspecified atom stereocenters. The minimum atomic E-state index is 0.513. The first-order valence-electron chi connectivity index (χ1n) is 9.82. The Hall–Kier alpha value is -3.44. The second kappa shape index (κ2) is 9.14. The molecule has 6 heteroatoms. The van der Waals surface area contributed by atoms with E-state index in [2.05, 4.69) is 0 Å². The number of halogens is 1. The van der Waals surface area contributed by atoms with Crippen molar-refractivity contribution < 1.29 is 14.2 Å². The number of hydrogen-bond donors (Lipinski definition) is 0. The predicted octanol–water partition coefficient (Wildman–Crippen LogP) is 5.94. The van der Waals surface area contributed by atoms with E-state index in [9.17, 15) is 0 Å². The standard InChI is InChI=1S/C25H23ClN2O3/c1-29-18-10-8-9-17(15-18)16-28-25(20-12-5-7-14-22(20)31-3)23(26)24(27-28)19-11-4-6-13-21(19)30-2/h4-15H,16H2,1-3H3. The van der Waals surface area contributed by atoms with Gasteiger partial charge >= 0.3 is 0 Å². The van der Waals surface area contributed by atoms with E-state index in [4.69, 9.17) is 30.9 Å². The molecule has 0 radical (unpaired) electrons. The first-order valence-corrected chi connectivity index (χ1v) is 10.2. The Kier molecular flexibility index (Phi) is 6.14. The highest BCUT2D eigenvalue weighted by Gasteiger charge is 2.23. The first-order chi connectivity index (χ1) is 15.2. The number of aromatic nitrogens is 2. The fraction of sp³-hybridized carbons (Fsp3) is 0.160. The third kappa shape index (κ3) is 4.09. The Morgan fingerprint density at radius 3 is 2.10 bits per heavy atom. The summed E-state index contributed by atoms with van der Waals surface area (Å²) >= 11 is 6.96. The molecule has 158 valence electrons. The van der Waals surface area contributed by atoms with E-state index in [1.807, 2.05) is 77.5 Å². The lowest BCUT2D eigenvalue weighted by atomic mass is 10.1. The van der Waals surface area contributed by atoms with E-state index in [-0.39, 0.29) is 0 Å². The van der Waals surface area contributed by atoms with Crippen LogP contribution >= 0.6 is 11.6 Å². The van der Waals surface area contributed by atoms with E-state index in [1.54, 1.807) is 21.3 Å². The zero-order valence-electron chi connectivity index (χ0n) is 17.6. The van der Waals surface area contributed by atoms with Crippen LogP contribution in [-0.2, 0) is 6.54 Å². The number of nitrogens with zero attached hydrogens (tertiary/aromatic N) is 2. The number of hydrogen-bond acceptors (Lipinski definition) is 4. The molecule has 0 saturated carbocycles. The van der Waals surface area contributed by atoms with Gasteiger partial charge in [-0.05, 0) is 42.0 Å². The second-order valence-corrected chi connectivity index (χ2v) is 7.30. The molecule has 0 fully saturated rings. The van der Waals surface area contributed by atoms with Gasteiger partial charge in [0, 0.05) is 11.1 Å². The molecule has 0 aliphatic rings. The zero-order valence-corrected chi connectivity index (χ0v) is 18.4. The summed E-state index contributed by atoms with van der Waals surface area (Å²) in [5.41, 5.74) is 4.18. The summed E-state index contributed by atoms with van der Waals surface area (Å²) in [7, 11) is 4.95. The van der Waals surface area contributed by atoms with Gasteiger partial charge in [-0.25, -0.2) is 0 Å². The zero-order chi connectivity index (χ0) is 21.8. The molecule has 0 N–H and O–H groups in total. The second-order valence-electron chi connectivity index (χ2n) is 6.92. The summed E-state index contributed by atoms with van der Waals surface area (Å²) in [6.45, 7) is 0.513. The summed E-state index contributed by atoms with van der Waals surface area (Å²) in [6.07, 6.45) is 0. The summed E-state index contributed by atoms with van der Waals surface area (Å²) in [5.74, 6) is 2.23. The molecule has 0 saturated heterocycles. The maximum absolute atomic E-state index is 6.96. The smallest absolute Gasteiger partial charge is 0.128 e. The topological polar surface area (TPSA) is 45.5 Å². The van der Waals surface area contributed by atoms with Gasteiger partial charge < -0.3 is 14.2 Å². The lowest BCUT2D eigenvalue weighted by Gasteiger charge is -2.12. The van der Waals surface area contributed by atoms with Gasteiger partial charge in [0.05, 0.1) is 38.6 Å². The molecule has 0 aliphatic carbocycles. The normalized spacial score (nSPS) is 10.7. The molecule has 4 aromatic rings.